The number of H-pyrrole nitrogens is 1. The van der Waals surface area contributed by atoms with Gasteiger partial charge in [-0.05, 0) is 49.5 Å². The Labute approximate surface area is 160 Å². The Morgan fingerprint density at radius 1 is 1.37 bits per heavy atom. The molecule has 3 atom stereocenters. The van der Waals surface area contributed by atoms with Crippen molar-refractivity contribution < 1.29 is 4.79 Å². The molecule has 1 amide bonds. The normalized spacial score (nSPS) is 25.5. The number of aromatic nitrogens is 3. The molecule has 2 aromatic heterocycles. The van der Waals surface area contributed by atoms with E-state index in [4.69, 9.17) is 5.26 Å². The lowest BCUT2D eigenvalue weighted by atomic mass is 9.87. The first-order valence-electron chi connectivity index (χ1n) is 10.1. The van der Waals surface area contributed by atoms with Gasteiger partial charge in [-0.3, -0.25) is 4.79 Å². The number of amides is 1. The van der Waals surface area contributed by atoms with E-state index >= 15 is 0 Å². The fourth-order valence-corrected chi connectivity index (χ4v) is 5.23. The van der Waals surface area contributed by atoms with Crippen molar-refractivity contribution in [1.29, 1.82) is 5.26 Å². The average molecular weight is 365 g/mol. The van der Waals surface area contributed by atoms with Crippen molar-refractivity contribution in [3.8, 4) is 6.07 Å². The molecule has 3 unspecified atom stereocenters. The molecule has 2 aromatic rings. The molecular formula is C21H27N5O. The lowest BCUT2D eigenvalue weighted by Crippen LogP contribution is -2.29. The van der Waals surface area contributed by atoms with Crippen LogP contribution in [0.4, 0.5) is 0 Å². The van der Waals surface area contributed by atoms with Crippen molar-refractivity contribution in [3.05, 3.63) is 24.3 Å². The number of hydrogen-bond acceptors (Lipinski definition) is 4. The molecule has 6 nitrogen and oxygen atoms in total. The first-order chi connectivity index (χ1) is 13.2. The van der Waals surface area contributed by atoms with E-state index in [2.05, 4.69) is 34.0 Å². The molecule has 1 aliphatic carbocycles. The summed E-state index contributed by atoms with van der Waals surface area (Å²) in [5.41, 5.74) is 2.10. The number of carbonyl (C=O) groups excluding carboxylic acids is 1. The summed E-state index contributed by atoms with van der Waals surface area (Å²) in [4.78, 5) is 26.3. The molecule has 27 heavy (non-hydrogen) atoms. The van der Waals surface area contributed by atoms with Crippen LogP contribution < -0.4 is 0 Å². The van der Waals surface area contributed by atoms with Gasteiger partial charge in [0.25, 0.3) is 0 Å². The lowest BCUT2D eigenvalue weighted by Gasteiger charge is -2.22. The number of nitriles is 1. The van der Waals surface area contributed by atoms with E-state index in [0.717, 1.165) is 30.5 Å². The van der Waals surface area contributed by atoms with E-state index in [1.54, 1.807) is 6.33 Å². The van der Waals surface area contributed by atoms with Gasteiger partial charge in [0.1, 0.15) is 12.0 Å². The average Bonchev–Trinajstić information content (AvgIpc) is 3.38. The summed E-state index contributed by atoms with van der Waals surface area (Å²) in [6.45, 7) is 4.02. The Bertz CT molecular complexity index is 840. The molecule has 0 spiro atoms. The van der Waals surface area contributed by atoms with E-state index in [1.165, 1.54) is 25.0 Å². The molecule has 2 fully saturated rings. The van der Waals surface area contributed by atoms with Crippen molar-refractivity contribution in [2.75, 3.05) is 13.1 Å². The van der Waals surface area contributed by atoms with Crippen molar-refractivity contribution in [1.82, 2.24) is 19.9 Å². The number of carbonyl (C=O) groups is 1. The summed E-state index contributed by atoms with van der Waals surface area (Å²) in [7, 11) is 0. The SMILES string of the molecule is CCC(CC1CC2CN(C(=O)CCC#N)CC2C1)c1ncnc2[nH]ccc12. The van der Waals surface area contributed by atoms with Gasteiger partial charge in [-0.15, -0.1) is 0 Å². The van der Waals surface area contributed by atoms with Gasteiger partial charge in [0.05, 0.1) is 11.8 Å². The molecule has 2 aliphatic rings. The Morgan fingerprint density at radius 2 is 2.15 bits per heavy atom. The lowest BCUT2D eigenvalue weighted by molar-refractivity contribution is -0.130. The second kappa shape index (κ2) is 7.67. The van der Waals surface area contributed by atoms with E-state index in [-0.39, 0.29) is 5.91 Å². The van der Waals surface area contributed by atoms with E-state index in [9.17, 15) is 4.79 Å². The number of nitrogens with one attached hydrogen (secondary N) is 1. The zero-order chi connectivity index (χ0) is 18.8. The van der Waals surface area contributed by atoms with Gasteiger partial charge in [0.15, 0.2) is 0 Å². The summed E-state index contributed by atoms with van der Waals surface area (Å²) in [5, 5.41) is 9.83. The van der Waals surface area contributed by atoms with Crippen molar-refractivity contribution in [3.63, 3.8) is 0 Å². The van der Waals surface area contributed by atoms with E-state index in [1.807, 2.05) is 11.1 Å². The predicted octanol–water partition coefficient (Wildman–Crippen LogP) is 3.63. The van der Waals surface area contributed by atoms with Gasteiger partial charge >= 0.3 is 0 Å². The van der Waals surface area contributed by atoms with Crippen LogP contribution in [-0.4, -0.2) is 38.8 Å². The highest BCUT2D eigenvalue weighted by molar-refractivity contribution is 5.78. The highest BCUT2D eigenvalue weighted by atomic mass is 16.2. The van der Waals surface area contributed by atoms with E-state index in [0.29, 0.717) is 36.5 Å². The van der Waals surface area contributed by atoms with Gasteiger partial charge in [0.2, 0.25) is 5.91 Å². The first kappa shape index (κ1) is 18.0. The molecule has 1 saturated carbocycles. The maximum atomic E-state index is 12.2. The molecule has 142 valence electrons. The zero-order valence-electron chi connectivity index (χ0n) is 15.9. The van der Waals surface area contributed by atoms with E-state index < -0.39 is 0 Å². The van der Waals surface area contributed by atoms with Crippen LogP contribution in [0.15, 0.2) is 18.6 Å². The number of nitrogens with zero attached hydrogens (tertiary/aromatic N) is 4. The second-order valence-corrected chi connectivity index (χ2v) is 8.15. The van der Waals surface area contributed by atoms with Crippen LogP contribution in [-0.2, 0) is 4.79 Å². The van der Waals surface area contributed by atoms with Gasteiger partial charge in [-0.2, -0.15) is 5.26 Å². The first-order valence-corrected chi connectivity index (χ1v) is 10.1. The molecule has 3 heterocycles. The monoisotopic (exact) mass is 365 g/mol. The maximum Gasteiger partial charge on any atom is 0.223 e. The van der Waals surface area contributed by atoms with Crippen molar-refractivity contribution in [2.45, 2.75) is 51.4 Å². The van der Waals surface area contributed by atoms with Crippen LogP contribution >= 0.6 is 0 Å². The molecule has 4 rings (SSSR count). The number of hydrogen-bond donors (Lipinski definition) is 1. The Balaban J connectivity index is 1.37. The van der Waals surface area contributed by atoms with Crippen LogP contribution in [0.2, 0.25) is 0 Å². The molecule has 0 aromatic carbocycles. The summed E-state index contributed by atoms with van der Waals surface area (Å²) < 4.78 is 0. The highest BCUT2D eigenvalue weighted by Crippen LogP contribution is 2.45. The maximum absolute atomic E-state index is 12.2. The third-order valence-corrected chi connectivity index (χ3v) is 6.53. The molecule has 6 heteroatoms. The van der Waals surface area contributed by atoms with Crippen molar-refractivity contribution in [2.24, 2.45) is 17.8 Å². The van der Waals surface area contributed by atoms with Crippen molar-refractivity contribution >= 4 is 16.9 Å². The summed E-state index contributed by atoms with van der Waals surface area (Å²) >= 11 is 0. The van der Waals surface area contributed by atoms with Crippen LogP contribution in [0, 0.1) is 29.1 Å². The minimum Gasteiger partial charge on any atom is -0.346 e. The topological polar surface area (TPSA) is 85.7 Å². The third kappa shape index (κ3) is 3.55. The number of likely N-dealkylation sites (tertiary alicyclic amines) is 1. The smallest absolute Gasteiger partial charge is 0.223 e. The molecule has 0 radical (unpaired) electrons. The van der Waals surface area contributed by atoms with Crippen LogP contribution in [0.5, 0.6) is 0 Å². The highest BCUT2D eigenvalue weighted by Gasteiger charge is 2.42. The molecule has 1 saturated heterocycles. The largest absolute Gasteiger partial charge is 0.346 e. The fraction of sp³-hybridized carbons (Fsp3) is 0.619. The second-order valence-electron chi connectivity index (χ2n) is 8.15. The Morgan fingerprint density at radius 3 is 2.85 bits per heavy atom. The fourth-order valence-electron chi connectivity index (χ4n) is 5.23. The van der Waals surface area contributed by atoms with Gasteiger partial charge in [-0.25, -0.2) is 9.97 Å². The number of rotatable bonds is 6. The standard InChI is InChI=1S/C21H27N5O/c1-2-15(20-18-5-7-23-21(18)25-13-24-20)8-14-9-16-11-26(12-17(16)10-14)19(27)4-3-6-22/h5,7,13-17H,2-4,8-12H2,1H3,(H,23,24,25). The molecular weight excluding hydrogens is 338 g/mol. The van der Waals surface area contributed by atoms with Crippen LogP contribution in [0.3, 0.4) is 0 Å². The molecule has 0 bridgehead atoms. The minimum atomic E-state index is 0.157. The van der Waals surface area contributed by atoms with Crippen LogP contribution in [0.1, 0.15) is 57.1 Å². The summed E-state index contributed by atoms with van der Waals surface area (Å²) in [6.07, 6.45) is 8.99. The minimum absolute atomic E-state index is 0.157. The van der Waals surface area contributed by atoms with Gasteiger partial charge in [-0.1, -0.05) is 6.92 Å². The van der Waals surface area contributed by atoms with Crippen LogP contribution in [0.25, 0.3) is 11.0 Å². The zero-order valence-corrected chi connectivity index (χ0v) is 15.9. The summed E-state index contributed by atoms with van der Waals surface area (Å²) in [5.74, 6) is 2.60. The third-order valence-electron chi connectivity index (χ3n) is 6.53. The Kier molecular flexibility index (Phi) is 5.11. The molecule has 1 aliphatic heterocycles. The summed E-state index contributed by atoms with van der Waals surface area (Å²) in [6, 6.07) is 4.16. The number of fused-ring (bicyclic) bond motifs is 2. The predicted molar refractivity (Wildman–Crippen MR) is 103 cm³/mol. The molecule has 1 N–H and O–H groups in total. The number of aromatic amines is 1. The van der Waals surface area contributed by atoms with Gasteiger partial charge < -0.3 is 9.88 Å². The Hall–Kier alpha value is -2.42. The quantitative estimate of drug-likeness (QED) is 0.847. The van der Waals surface area contributed by atoms with Gasteiger partial charge in [0, 0.05) is 43.4 Å².